The van der Waals surface area contributed by atoms with Crippen molar-refractivity contribution < 1.29 is 9.59 Å². The van der Waals surface area contributed by atoms with Crippen molar-refractivity contribution in [3.63, 3.8) is 0 Å². The molecule has 1 amide bonds. The Morgan fingerprint density at radius 2 is 2.00 bits per heavy atom. The Morgan fingerprint density at radius 1 is 1.24 bits per heavy atom. The molecule has 34 heavy (non-hydrogen) atoms. The number of ketones is 1. The van der Waals surface area contributed by atoms with E-state index >= 15 is 0 Å². The minimum atomic E-state index is -0.539. The summed E-state index contributed by atoms with van der Waals surface area (Å²) in [6.07, 6.45) is 6.36. The van der Waals surface area contributed by atoms with E-state index in [0.29, 0.717) is 18.9 Å². The van der Waals surface area contributed by atoms with Gasteiger partial charge in [-0.15, -0.1) is 0 Å². The SMILES string of the molecule is CC(=O)N1CCC=C(c2nc(-c3ccccc3)c3c(n2)[C@]2(C)C=C(C#N)C(=O)C(C)C2CC3)C1. The maximum absolute atomic E-state index is 12.8. The fourth-order valence-corrected chi connectivity index (χ4v) is 5.93. The van der Waals surface area contributed by atoms with Crippen LogP contribution in [0.1, 0.15) is 50.7 Å². The van der Waals surface area contributed by atoms with Crippen LogP contribution in [0, 0.1) is 23.2 Å². The summed E-state index contributed by atoms with van der Waals surface area (Å²) in [4.78, 5) is 36.8. The minimum absolute atomic E-state index is 0.0417. The third kappa shape index (κ3) is 3.47. The van der Waals surface area contributed by atoms with Gasteiger partial charge in [-0.1, -0.05) is 56.3 Å². The van der Waals surface area contributed by atoms with Crippen LogP contribution in [-0.4, -0.2) is 39.6 Å². The van der Waals surface area contributed by atoms with E-state index in [1.807, 2.05) is 36.1 Å². The molecule has 0 radical (unpaired) electrons. The van der Waals surface area contributed by atoms with E-state index in [1.54, 1.807) is 6.92 Å². The lowest BCUT2D eigenvalue weighted by atomic mass is 9.57. The molecule has 5 rings (SSSR count). The number of nitriles is 1. The van der Waals surface area contributed by atoms with Gasteiger partial charge in [0.15, 0.2) is 11.6 Å². The number of carbonyl (C=O) groups is 2. The average Bonchev–Trinajstić information content (AvgIpc) is 2.86. The maximum atomic E-state index is 12.8. The number of allylic oxidation sites excluding steroid dienone is 2. The van der Waals surface area contributed by atoms with Crippen molar-refractivity contribution in [2.45, 2.75) is 45.4 Å². The second-order valence-corrected chi connectivity index (χ2v) is 9.80. The van der Waals surface area contributed by atoms with Gasteiger partial charge in [0.25, 0.3) is 0 Å². The largest absolute Gasteiger partial charge is 0.338 e. The first-order valence-corrected chi connectivity index (χ1v) is 11.9. The molecule has 1 aromatic heterocycles. The van der Waals surface area contributed by atoms with Crippen LogP contribution in [0.25, 0.3) is 16.8 Å². The zero-order valence-electron chi connectivity index (χ0n) is 19.8. The topological polar surface area (TPSA) is 86.9 Å². The van der Waals surface area contributed by atoms with E-state index in [4.69, 9.17) is 9.97 Å². The average molecular weight is 453 g/mol. The molecule has 3 aliphatic rings. The second kappa shape index (κ2) is 8.32. The Bertz CT molecular complexity index is 1290. The smallest absolute Gasteiger partial charge is 0.219 e. The van der Waals surface area contributed by atoms with Crippen LogP contribution < -0.4 is 0 Å². The van der Waals surface area contributed by atoms with Crippen LogP contribution >= 0.6 is 0 Å². The summed E-state index contributed by atoms with van der Waals surface area (Å²) in [7, 11) is 0. The normalized spacial score (nSPS) is 26.1. The summed E-state index contributed by atoms with van der Waals surface area (Å²) in [5.74, 6) is 0.434. The van der Waals surface area contributed by atoms with Gasteiger partial charge < -0.3 is 4.90 Å². The Morgan fingerprint density at radius 3 is 2.71 bits per heavy atom. The molecule has 172 valence electrons. The zero-order valence-corrected chi connectivity index (χ0v) is 19.8. The van der Waals surface area contributed by atoms with Gasteiger partial charge in [-0.05, 0) is 25.2 Å². The monoisotopic (exact) mass is 452 g/mol. The molecule has 6 heteroatoms. The summed E-state index contributed by atoms with van der Waals surface area (Å²) in [5.41, 5.74) is 4.54. The van der Waals surface area contributed by atoms with E-state index in [0.717, 1.165) is 47.4 Å². The predicted molar refractivity (Wildman–Crippen MR) is 129 cm³/mol. The van der Waals surface area contributed by atoms with E-state index < -0.39 is 5.41 Å². The molecular formula is C28H28N4O2. The first-order chi connectivity index (χ1) is 16.3. The Kier molecular flexibility index (Phi) is 5.44. The Labute approximate surface area is 200 Å². The predicted octanol–water partition coefficient (Wildman–Crippen LogP) is 4.27. The van der Waals surface area contributed by atoms with Crippen molar-refractivity contribution in [2.75, 3.05) is 13.1 Å². The summed E-state index contributed by atoms with van der Waals surface area (Å²) >= 11 is 0. The van der Waals surface area contributed by atoms with E-state index in [2.05, 4.69) is 31.2 Å². The lowest BCUT2D eigenvalue weighted by Gasteiger charge is -2.45. The Balaban J connectivity index is 1.74. The van der Waals surface area contributed by atoms with Gasteiger partial charge in [0.1, 0.15) is 6.07 Å². The van der Waals surface area contributed by atoms with Crippen molar-refractivity contribution >= 4 is 17.3 Å². The van der Waals surface area contributed by atoms with Crippen molar-refractivity contribution in [3.05, 3.63) is 65.1 Å². The molecule has 2 aliphatic carbocycles. The van der Waals surface area contributed by atoms with Gasteiger partial charge >= 0.3 is 0 Å². The standard InChI is InChI=1S/C28H28N4O2/c1-17-23-12-11-22-24(19-8-5-4-6-9-19)30-27(20-10-7-13-32(16-20)18(2)33)31-26(22)28(23,3)14-21(15-29)25(17)34/h4-6,8-10,14,17,23H,7,11-13,16H2,1-3H3/t17?,23?,28-/m1/s1. The zero-order chi connectivity index (χ0) is 24.0. The van der Waals surface area contributed by atoms with Gasteiger partial charge in [-0.3, -0.25) is 9.59 Å². The number of nitrogens with zero attached hydrogens (tertiary/aromatic N) is 4. The highest BCUT2D eigenvalue weighted by Gasteiger charge is 2.49. The third-order valence-corrected chi connectivity index (χ3v) is 7.77. The molecule has 0 fully saturated rings. The van der Waals surface area contributed by atoms with Gasteiger partial charge in [0.2, 0.25) is 5.91 Å². The number of amides is 1. The number of rotatable bonds is 2. The lowest BCUT2D eigenvalue weighted by molar-refractivity contribution is -0.128. The fraction of sp³-hybridized carbons (Fsp3) is 0.393. The molecule has 2 heterocycles. The van der Waals surface area contributed by atoms with Crippen LogP contribution in [0.2, 0.25) is 0 Å². The molecule has 1 aliphatic heterocycles. The first kappa shape index (κ1) is 22.2. The highest BCUT2D eigenvalue weighted by Crippen LogP contribution is 2.50. The second-order valence-electron chi connectivity index (χ2n) is 9.80. The molecule has 6 nitrogen and oxygen atoms in total. The molecule has 3 atom stereocenters. The number of fused-ring (bicyclic) bond motifs is 3. The molecule has 1 aromatic carbocycles. The molecule has 0 saturated heterocycles. The van der Waals surface area contributed by atoms with Crippen molar-refractivity contribution in [1.29, 1.82) is 5.26 Å². The highest BCUT2D eigenvalue weighted by molar-refractivity contribution is 6.02. The molecular weight excluding hydrogens is 424 g/mol. The quantitative estimate of drug-likeness (QED) is 0.679. The van der Waals surface area contributed by atoms with Crippen molar-refractivity contribution in [1.82, 2.24) is 14.9 Å². The molecule has 0 N–H and O–H groups in total. The summed E-state index contributed by atoms with van der Waals surface area (Å²) in [5, 5.41) is 9.69. The number of hydrogen-bond acceptors (Lipinski definition) is 5. The summed E-state index contributed by atoms with van der Waals surface area (Å²) in [6.45, 7) is 6.82. The maximum Gasteiger partial charge on any atom is 0.219 e. The summed E-state index contributed by atoms with van der Waals surface area (Å²) in [6, 6.07) is 12.2. The highest BCUT2D eigenvalue weighted by atomic mass is 16.2. The van der Waals surface area contributed by atoms with Crippen LogP contribution in [0.15, 0.2) is 48.1 Å². The number of aromatic nitrogens is 2. The Hall–Kier alpha value is -3.59. The third-order valence-electron chi connectivity index (χ3n) is 7.77. The van der Waals surface area contributed by atoms with Crippen molar-refractivity contribution in [2.24, 2.45) is 11.8 Å². The van der Waals surface area contributed by atoms with Gasteiger partial charge in [-0.25, -0.2) is 9.97 Å². The summed E-state index contributed by atoms with van der Waals surface area (Å²) < 4.78 is 0. The first-order valence-electron chi connectivity index (χ1n) is 11.9. The van der Waals surface area contributed by atoms with E-state index in [9.17, 15) is 14.9 Å². The van der Waals surface area contributed by atoms with Crippen LogP contribution in [-0.2, 0) is 21.4 Å². The molecule has 0 spiro atoms. The molecule has 0 bridgehead atoms. The number of benzene rings is 1. The molecule has 2 aromatic rings. The number of Topliss-reactive ketones (excluding diaryl/α,β-unsaturated/α-hetero) is 1. The van der Waals surface area contributed by atoms with Gasteiger partial charge in [0, 0.05) is 48.0 Å². The molecule has 0 saturated carbocycles. The fourth-order valence-electron chi connectivity index (χ4n) is 5.93. The van der Waals surface area contributed by atoms with Gasteiger partial charge in [0.05, 0.1) is 17.0 Å². The van der Waals surface area contributed by atoms with E-state index in [1.165, 1.54) is 0 Å². The van der Waals surface area contributed by atoms with Crippen LogP contribution in [0.5, 0.6) is 0 Å². The molecule has 2 unspecified atom stereocenters. The van der Waals surface area contributed by atoms with Gasteiger partial charge in [-0.2, -0.15) is 5.26 Å². The van der Waals surface area contributed by atoms with Crippen LogP contribution in [0.4, 0.5) is 0 Å². The van der Waals surface area contributed by atoms with Crippen LogP contribution in [0.3, 0.4) is 0 Å². The van der Waals surface area contributed by atoms with Crippen molar-refractivity contribution in [3.8, 4) is 17.3 Å². The minimum Gasteiger partial charge on any atom is -0.338 e. The number of hydrogen-bond donors (Lipinski definition) is 0. The lowest BCUT2D eigenvalue weighted by Crippen LogP contribution is -2.46. The number of carbonyl (C=O) groups excluding carboxylic acids is 2. The van der Waals surface area contributed by atoms with E-state index in [-0.39, 0.29) is 29.1 Å².